The van der Waals surface area contributed by atoms with Crippen molar-refractivity contribution < 1.29 is 19.4 Å². The number of anilines is 1. The third kappa shape index (κ3) is 5.07. The van der Waals surface area contributed by atoms with Crippen molar-refractivity contribution in [2.75, 3.05) is 57.8 Å². The molecule has 2 aromatic rings. The first-order valence-corrected chi connectivity index (χ1v) is 11.0. The van der Waals surface area contributed by atoms with Crippen molar-refractivity contribution in [3.63, 3.8) is 0 Å². The van der Waals surface area contributed by atoms with Gasteiger partial charge in [0.05, 0.1) is 7.11 Å². The summed E-state index contributed by atoms with van der Waals surface area (Å²) < 4.78 is 5.32. The molecule has 4 rings (SSSR count). The number of phenols is 1. The topological polar surface area (TPSA) is 85.4 Å². The Labute approximate surface area is 188 Å². The number of aromatic hydroxyl groups is 1. The third-order valence-corrected chi connectivity index (χ3v) is 6.21. The van der Waals surface area contributed by atoms with Gasteiger partial charge in [0.2, 0.25) is 0 Å². The quantitative estimate of drug-likeness (QED) is 0.749. The maximum absolute atomic E-state index is 12.6. The lowest BCUT2D eigenvalue weighted by molar-refractivity contribution is 0.0664. The van der Waals surface area contributed by atoms with Gasteiger partial charge in [-0.25, -0.2) is 4.79 Å². The molecule has 0 bridgehead atoms. The van der Waals surface area contributed by atoms with E-state index in [1.807, 2.05) is 18.2 Å². The van der Waals surface area contributed by atoms with Crippen LogP contribution in [0.1, 0.15) is 16.8 Å². The van der Waals surface area contributed by atoms with Crippen molar-refractivity contribution in [2.24, 2.45) is 5.92 Å². The average Bonchev–Trinajstić information content (AvgIpc) is 3.32. The molecule has 32 heavy (non-hydrogen) atoms. The minimum absolute atomic E-state index is 0.0680. The maximum Gasteiger partial charge on any atom is 0.317 e. The molecule has 8 heteroatoms. The molecule has 1 atom stereocenters. The van der Waals surface area contributed by atoms with Gasteiger partial charge in [-0.15, -0.1) is 0 Å². The van der Waals surface area contributed by atoms with Crippen LogP contribution in [0.5, 0.6) is 11.5 Å². The molecule has 2 heterocycles. The molecular weight excluding hydrogens is 408 g/mol. The van der Waals surface area contributed by atoms with Gasteiger partial charge in [0.15, 0.2) is 0 Å². The summed E-state index contributed by atoms with van der Waals surface area (Å²) in [6, 6.07) is 14.2. The Morgan fingerprint density at radius 3 is 2.47 bits per heavy atom. The molecule has 0 spiro atoms. The van der Waals surface area contributed by atoms with Gasteiger partial charge in [-0.1, -0.05) is 6.07 Å². The van der Waals surface area contributed by atoms with Crippen LogP contribution in [0.15, 0.2) is 48.5 Å². The van der Waals surface area contributed by atoms with Gasteiger partial charge >= 0.3 is 6.03 Å². The summed E-state index contributed by atoms with van der Waals surface area (Å²) in [5.74, 6) is 1.32. The van der Waals surface area contributed by atoms with E-state index in [4.69, 9.17) is 4.74 Å². The highest BCUT2D eigenvalue weighted by Crippen LogP contribution is 2.26. The van der Waals surface area contributed by atoms with Crippen LogP contribution in [0, 0.1) is 5.92 Å². The molecule has 0 aromatic heterocycles. The Hall–Kier alpha value is -3.42. The summed E-state index contributed by atoms with van der Waals surface area (Å²) in [5, 5.41) is 12.5. The van der Waals surface area contributed by atoms with Crippen LogP contribution < -0.4 is 15.0 Å². The second kappa shape index (κ2) is 9.80. The number of hydrogen-bond donors (Lipinski definition) is 2. The fraction of sp³-hybridized carbons (Fsp3) is 0.417. The highest BCUT2D eigenvalue weighted by atomic mass is 16.5. The Bertz CT molecular complexity index is 941. The lowest BCUT2D eigenvalue weighted by Crippen LogP contribution is -2.53. The molecule has 0 aliphatic carbocycles. The molecule has 2 aliphatic rings. The standard InChI is InChI=1S/C24H30N4O4/c1-32-22-4-2-3-20(15-22)28-10-9-18(17-28)16-25-24(31)27-13-11-26(12-14-27)23(30)19-5-7-21(29)8-6-19/h2-8,15,18,29H,9-14,16-17H2,1H3,(H,25,31). The van der Waals surface area contributed by atoms with Crippen LogP contribution in [0.25, 0.3) is 0 Å². The van der Waals surface area contributed by atoms with Gasteiger partial charge < -0.3 is 29.9 Å². The summed E-state index contributed by atoms with van der Waals surface area (Å²) in [4.78, 5) is 31.1. The van der Waals surface area contributed by atoms with Crippen LogP contribution >= 0.6 is 0 Å². The molecule has 2 aromatic carbocycles. The number of phenolic OH excluding ortho intramolecular Hbond substituents is 1. The SMILES string of the molecule is COc1cccc(N2CCC(CNC(=O)N3CCN(C(=O)c4ccc(O)cc4)CC3)C2)c1. The smallest absolute Gasteiger partial charge is 0.317 e. The van der Waals surface area contributed by atoms with Crippen molar-refractivity contribution in [1.82, 2.24) is 15.1 Å². The lowest BCUT2D eigenvalue weighted by Gasteiger charge is -2.35. The van der Waals surface area contributed by atoms with E-state index in [0.717, 1.165) is 30.9 Å². The van der Waals surface area contributed by atoms with E-state index in [2.05, 4.69) is 16.3 Å². The zero-order valence-corrected chi connectivity index (χ0v) is 18.4. The number of rotatable bonds is 5. The van der Waals surface area contributed by atoms with Gasteiger partial charge in [-0.2, -0.15) is 0 Å². The number of benzene rings is 2. The zero-order chi connectivity index (χ0) is 22.5. The summed E-state index contributed by atoms with van der Waals surface area (Å²) in [6.45, 7) is 4.53. The van der Waals surface area contributed by atoms with Crippen molar-refractivity contribution in [2.45, 2.75) is 6.42 Å². The van der Waals surface area contributed by atoms with Crippen molar-refractivity contribution in [3.8, 4) is 11.5 Å². The fourth-order valence-corrected chi connectivity index (χ4v) is 4.28. The van der Waals surface area contributed by atoms with Gasteiger partial charge in [0.1, 0.15) is 11.5 Å². The zero-order valence-electron chi connectivity index (χ0n) is 18.4. The third-order valence-electron chi connectivity index (χ3n) is 6.21. The second-order valence-corrected chi connectivity index (χ2v) is 8.31. The molecule has 8 nitrogen and oxygen atoms in total. The van der Waals surface area contributed by atoms with Crippen LogP contribution in [-0.4, -0.2) is 79.8 Å². The number of hydrogen-bond acceptors (Lipinski definition) is 5. The Balaban J connectivity index is 1.21. The first-order valence-electron chi connectivity index (χ1n) is 11.0. The van der Waals surface area contributed by atoms with Gasteiger partial charge in [0, 0.05) is 63.1 Å². The van der Waals surface area contributed by atoms with E-state index >= 15 is 0 Å². The molecule has 170 valence electrons. The van der Waals surface area contributed by atoms with E-state index < -0.39 is 0 Å². The van der Waals surface area contributed by atoms with E-state index in [-0.39, 0.29) is 17.7 Å². The number of methoxy groups -OCH3 is 1. The normalized spacial score (nSPS) is 18.5. The van der Waals surface area contributed by atoms with E-state index in [0.29, 0.717) is 44.2 Å². The maximum atomic E-state index is 12.6. The van der Waals surface area contributed by atoms with Gasteiger partial charge in [-0.3, -0.25) is 4.79 Å². The van der Waals surface area contributed by atoms with Crippen molar-refractivity contribution >= 4 is 17.6 Å². The molecule has 3 amide bonds. The van der Waals surface area contributed by atoms with Crippen LogP contribution in [0.2, 0.25) is 0 Å². The minimum Gasteiger partial charge on any atom is -0.508 e. The first-order chi connectivity index (χ1) is 15.5. The summed E-state index contributed by atoms with van der Waals surface area (Å²) in [5.41, 5.74) is 1.69. The predicted octanol–water partition coefficient (Wildman–Crippen LogP) is 2.39. The van der Waals surface area contributed by atoms with E-state index in [1.165, 1.54) is 12.1 Å². The Morgan fingerprint density at radius 2 is 1.75 bits per heavy atom. The molecule has 2 N–H and O–H groups in total. The van der Waals surface area contributed by atoms with Crippen molar-refractivity contribution in [1.29, 1.82) is 0 Å². The number of amides is 3. The predicted molar refractivity (Wildman–Crippen MR) is 122 cm³/mol. The Kier molecular flexibility index (Phi) is 6.68. The van der Waals surface area contributed by atoms with E-state index in [1.54, 1.807) is 29.0 Å². The van der Waals surface area contributed by atoms with Gasteiger partial charge in [0.25, 0.3) is 5.91 Å². The number of carbonyl (C=O) groups is 2. The number of ether oxygens (including phenoxy) is 1. The lowest BCUT2D eigenvalue weighted by atomic mass is 10.1. The van der Waals surface area contributed by atoms with Gasteiger partial charge in [-0.05, 0) is 48.7 Å². The summed E-state index contributed by atoms with van der Waals surface area (Å²) in [6.07, 6.45) is 1.03. The molecule has 2 saturated heterocycles. The highest BCUT2D eigenvalue weighted by molar-refractivity contribution is 5.94. The van der Waals surface area contributed by atoms with Crippen LogP contribution in [-0.2, 0) is 0 Å². The molecule has 1 unspecified atom stereocenters. The monoisotopic (exact) mass is 438 g/mol. The summed E-state index contributed by atoms with van der Waals surface area (Å²) in [7, 11) is 1.67. The molecule has 2 fully saturated rings. The number of nitrogens with one attached hydrogen (secondary N) is 1. The number of carbonyl (C=O) groups excluding carboxylic acids is 2. The number of piperazine rings is 1. The Morgan fingerprint density at radius 1 is 1.03 bits per heavy atom. The van der Waals surface area contributed by atoms with Crippen LogP contribution in [0.4, 0.5) is 10.5 Å². The average molecular weight is 439 g/mol. The number of nitrogens with zero attached hydrogens (tertiary/aromatic N) is 3. The largest absolute Gasteiger partial charge is 0.508 e. The van der Waals surface area contributed by atoms with Crippen molar-refractivity contribution in [3.05, 3.63) is 54.1 Å². The first kappa shape index (κ1) is 21.8. The highest BCUT2D eigenvalue weighted by Gasteiger charge is 2.27. The van der Waals surface area contributed by atoms with Crippen LogP contribution in [0.3, 0.4) is 0 Å². The van der Waals surface area contributed by atoms with E-state index in [9.17, 15) is 14.7 Å². The molecule has 0 radical (unpaired) electrons. The molecular formula is C24H30N4O4. The molecule has 2 aliphatic heterocycles. The second-order valence-electron chi connectivity index (χ2n) is 8.31. The summed E-state index contributed by atoms with van der Waals surface area (Å²) >= 11 is 0. The molecule has 0 saturated carbocycles. The fourth-order valence-electron chi connectivity index (χ4n) is 4.28. The number of urea groups is 1. The minimum atomic E-state index is -0.0753.